The summed E-state index contributed by atoms with van der Waals surface area (Å²) in [6.07, 6.45) is 2.19. The monoisotopic (exact) mass is 483 g/mol. The first-order valence-electron chi connectivity index (χ1n) is 8.72. The fraction of sp³-hybridized carbons (Fsp3) is 0.316. The summed E-state index contributed by atoms with van der Waals surface area (Å²) < 4.78 is 4.54. The highest BCUT2D eigenvalue weighted by atomic mass is 79.9. The van der Waals surface area contributed by atoms with E-state index in [4.69, 9.17) is 23.2 Å². The number of nitrogens with zero attached hydrogens (tertiary/aromatic N) is 4. The van der Waals surface area contributed by atoms with Crippen molar-refractivity contribution in [1.29, 1.82) is 0 Å². The van der Waals surface area contributed by atoms with E-state index in [0.29, 0.717) is 29.6 Å². The van der Waals surface area contributed by atoms with Crippen LogP contribution in [0.5, 0.6) is 0 Å². The van der Waals surface area contributed by atoms with Crippen LogP contribution in [-0.4, -0.2) is 25.5 Å². The molecule has 28 heavy (non-hydrogen) atoms. The number of carbonyl (C=O) groups is 1. The molecule has 0 radical (unpaired) electrons. The van der Waals surface area contributed by atoms with E-state index in [9.17, 15) is 4.79 Å². The Morgan fingerprint density at radius 2 is 1.89 bits per heavy atom. The Hall–Kier alpha value is -1.83. The Labute approximate surface area is 182 Å². The summed E-state index contributed by atoms with van der Waals surface area (Å²) in [5, 5.41) is 12.9. The number of halogens is 3. The van der Waals surface area contributed by atoms with E-state index in [1.807, 2.05) is 43.8 Å². The van der Waals surface area contributed by atoms with Gasteiger partial charge in [-0.3, -0.25) is 14.2 Å². The molecule has 0 bridgehead atoms. The second-order valence-electron chi connectivity index (χ2n) is 6.58. The van der Waals surface area contributed by atoms with Gasteiger partial charge in [0.25, 0.3) is 0 Å². The number of rotatable bonds is 6. The predicted molar refractivity (Wildman–Crippen MR) is 115 cm³/mol. The Balaban J connectivity index is 1.67. The Bertz CT molecular complexity index is 1010. The molecule has 1 N–H and O–H groups in total. The van der Waals surface area contributed by atoms with E-state index in [0.717, 1.165) is 32.8 Å². The molecule has 2 aromatic heterocycles. The summed E-state index contributed by atoms with van der Waals surface area (Å²) in [5.74, 6) is -0.0791. The topological polar surface area (TPSA) is 64.7 Å². The van der Waals surface area contributed by atoms with Crippen molar-refractivity contribution in [3.8, 4) is 0 Å². The number of amides is 1. The maximum Gasteiger partial charge on any atom is 0.226 e. The van der Waals surface area contributed by atoms with Gasteiger partial charge in [0.05, 0.1) is 43.8 Å². The minimum absolute atomic E-state index is 0.0791. The standard InChI is InChI=1S/C19H20BrCl2N5O/c1-11-15(20)10-26(24-11)7-6-18(28)23-19-12(2)25-27(13(19)3)9-14-4-5-16(21)17(22)8-14/h4-5,8,10H,6-7,9H2,1-3H3,(H,23,28). The summed E-state index contributed by atoms with van der Waals surface area (Å²) in [5.41, 5.74) is 4.27. The van der Waals surface area contributed by atoms with E-state index >= 15 is 0 Å². The number of hydrogen-bond donors (Lipinski definition) is 1. The number of nitrogens with one attached hydrogen (secondary N) is 1. The molecule has 0 atom stereocenters. The number of aromatic nitrogens is 4. The van der Waals surface area contributed by atoms with Gasteiger partial charge in [-0.15, -0.1) is 0 Å². The number of hydrogen-bond acceptors (Lipinski definition) is 3. The Kier molecular flexibility index (Phi) is 6.47. The first-order chi connectivity index (χ1) is 13.2. The van der Waals surface area contributed by atoms with Crippen LogP contribution in [0.4, 0.5) is 5.69 Å². The highest BCUT2D eigenvalue weighted by Gasteiger charge is 2.15. The van der Waals surface area contributed by atoms with Crippen LogP contribution in [-0.2, 0) is 17.9 Å². The van der Waals surface area contributed by atoms with Crippen LogP contribution in [0.3, 0.4) is 0 Å². The molecular formula is C19H20BrCl2N5O. The van der Waals surface area contributed by atoms with Crippen molar-refractivity contribution in [3.05, 3.63) is 61.6 Å². The van der Waals surface area contributed by atoms with Crippen LogP contribution < -0.4 is 5.32 Å². The highest BCUT2D eigenvalue weighted by Crippen LogP contribution is 2.25. The van der Waals surface area contributed by atoms with Gasteiger partial charge in [0, 0.05) is 19.2 Å². The van der Waals surface area contributed by atoms with Gasteiger partial charge in [0.2, 0.25) is 5.91 Å². The van der Waals surface area contributed by atoms with Gasteiger partial charge in [-0.2, -0.15) is 10.2 Å². The first-order valence-corrected chi connectivity index (χ1v) is 10.3. The first kappa shape index (κ1) is 20.9. The zero-order valence-electron chi connectivity index (χ0n) is 15.8. The molecular weight excluding hydrogens is 465 g/mol. The minimum Gasteiger partial charge on any atom is -0.323 e. The average Bonchev–Trinajstić information content (AvgIpc) is 3.09. The third kappa shape index (κ3) is 4.77. The van der Waals surface area contributed by atoms with Crippen molar-refractivity contribution in [2.24, 2.45) is 0 Å². The SMILES string of the molecule is Cc1nn(CCC(=O)Nc2c(C)nn(Cc3ccc(Cl)c(Cl)c3)c2C)cc1Br. The number of carbonyl (C=O) groups excluding carboxylic acids is 1. The van der Waals surface area contributed by atoms with Gasteiger partial charge >= 0.3 is 0 Å². The third-order valence-electron chi connectivity index (χ3n) is 4.42. The van der Waals surface area contributed by atoms with E-state index in [-0.39, 0.29) is 5.91 Å². The zero-order valence-corrected chi connectivity index (χ0v) is 18.9. The zero-order chi connectivity index (χ0) is 20.4. The molecule has 3 rings (SSSR count). The summed E-state index contributed by atoms with van der Waals surface area (Å²) >= 11 is 15.5. The Morgan fingerprint density at radius 1 is 1.14 bits per heavy atom. The summed E-state index contributed by atoms with van der Waals surface area (Å²) in [7, 11) is 0. The van der Waals surface area contributed by atoms with Gasteiger partial charge < -0.3 is 5.32 Å². The van der Waals surface area contributed by atoms with Gasteiger partial charge in [-0.25, -0.2) is 0 Å². The maximum atomic E-state index is 12.4. The van der Waals surface area contributed by atoms with Crippen molar-refractivity contribution in [3.63, 3.8) is 0 Å². The lowest BCUT2D eigenvalue weighted by molar-refractivity contribution is -0.116. The predicted octanol–water partition coefficient (Wildman–Crippen LogP) is 5.15. The van der Waals surface area contributed by atoms with Crippen LogP contribution >= 0.6 is 39.1 Å². The van der Waals surface area contributed by atoms with Gasteiger partial charge in [0.1, 0.15) is 0 Å². The van der Waals surface area contributed by atoms with Crippen molar-refractivity contribution >= 4 is 50.7 Å². The second kappa shape index (κ2) is 8.68. The van der Waals surface area contributed by atoms with E-state index < -0.39 is 0 Å². The molecule has 148 valence electrons. The molecule has 0 saturated heterocycles. The molecule has 0 aliphatic heterocycles. The lowest BCUT2D eigenvalue weighted by atomic mass is 10.2. The van der Waals surface area contributed by atoms with Crippen molar-refractivity contribution < 1.29 is 4.79 Å². The molecule has 0 aliphatic carbocycles. The fourth-order valence-corrected chi connectivity index (χ4v) is 3.51. The smallest absolute Gasteiger partial charge is 0.226 e. The third-order valence-corrected chi connectivity index (χ3v) is 5.93. The molecule has 1 aromatic carbocycles. The second-order valence-corrected chi connectivity index (χ2v) is 8.24. The number of anilines is 1. The lowest BCUT2D eigenvalue weighted by Crippen LogP contribution is -2.16. The van der Waals surface area contributed by atoms with Crippen LogP contribution in [0, 0.1) is 20.8 Å². The molecule has 1 amide bonds. The maximum absolute atomic E-state index is 12.4. The summed E-state index contributed by atoms with van der Waals surface area (Å²) in [6.45, 7) is 6.77. The number of aryl methyl sites for hydroxylation is 3. The summed E-state index contributed by atoms with van der Waals surface area (Å²) in [6, 6.07) is 5.50. The minimum atomic E-state index is -0.0791. The van der Waals surface area contributed by atoms with E-state index in [1.54, 1.807) is 10.7 Å². The summed E-state index contributed by atoms with van der Waals surface area (Å²) in [4.78, 5) is 12.4. The molecule has 0 unspecified atom stereocenters. The van der Waals surface area contributed by atoms with Crippen LogP contribution in [0.25, 0.3) is 0 Å². The van der Waals surface area contributed by atoms with Crippen LogP contribution in [0.2, 0.25) is 10.0 Å². The van der Waals surface area contributed by atoms with Crippen LogP contribution in [0.15, 0.2) is 28.9 Å². The quantitative estimate of drug-likeness (QED) is 0.526. The number of benzene rings is 1. The van der Waals surface area contributed by atoms with Gasteiger partial charge in [0.15, 0.2) is 0 Å². The molecule has 0 saturated carbocycles. The molecule has 0 spiro atoms. The lowest BCUT2D eigenvalue weighted by Gasteiger charge is -2.08. The molecule has 3 aromatic rings. The van der Waals surface area contributed by atoms with Crippen LogP contribution in [0.1, 0.15) is 29.1 Å². The average molecular weight is 485 g/mol. The Morgan fingerprint density at radius 3 is 2.54 bits per heavy atom. The van der Waals surface area contributed by atoms with Crippen molar-refractivity contribution in [1.82, 2.24) is 19.6 Å². The molecule has 9 heteroatoms. The van der Waals surface area contributed by atoms with Crippen molar-refractivity contribution in [2.45, 2.75) is 40.3 Å². The van der Waals surface area contributed by atoms with Gasteiger partial charge in [-0.05, 0) is 54.4 Å². The fourth-order valence-electron chi connectivity index (χ4n) is 2.87. The van der Waals surface area contributed by atoms with Crippen molar-refractivity contribution in [2.75, 3.05) is 5.32 Å². The molecule has 0 fully saturated rings. The highest BCUT2D eigenvalue weighted by molar-refractivity contribution is 9.10. The largest absolute Gasteiger partial charge is 0.323 e. The van der Waals surface area contributed by atoms with Gasteiger partial charge in [-0.1, -0.05) is 29.3 Å². The normalized spacial score (nSPS) is 11.1. The molecule has 0 aliphatic rings. The molecule has 2 heterocycles. The van der Waals surface area contributed by atoms with E-state index in [2.05, 4.69) is 31.4 Å². The van der Waals surface area contributed by atoms with E-state index in [1.165, 1.54) is 0 Å². The molecule has 6 nitrogen and oxygen atoms in total.